The Kier molecular flexibility index (Phi) is 4.36. The molecule has 1 aromatic carbocycles. The quantitative estimate of drug-likeness (QED) is 0.838. The molecule has 0 amide bonds. The van der Waals surface area contributed by atoms with Crippen molar-refractivity contribution in [1.29, 1.82) is 0 Å². The minimum absolute atomic E-state index is 0.365. The topological polar surface area (TPSA) is 39.7 Å². The molecule has 2 aliphatic rings. The number of nitrogens with one attached hydrogen (secondary N) is 1. The number of hydrogen-bond donors (Lipinski definition) is 1. The van der Waals surface area contributed by atoms with E-state index in [1.807, 2.05) is 12.1 Å². The molecule has 116 valence electrons. The lowest BCUT2D eigenvalue weighted by atomic mass is 9.97. The number of hydrogen-bond acceptors (Lipinski definition) is 4. The van der Waals surface area contributed by atoms with E-state index in [4.69, 9.17) is 14.2 Å². The summed E-state index contributed by atoms with van der Waals surface area (Å²) in [5, 5.41) is 3.75. The fourth-order valence-corrected chi connectivity index (χ4v) is 3.06. The summed E-state index contributed by atoms with van der Waals surface area (Å²) >= 11 is 0. The Morgan fingerprint density at radius 2 is 2.19 bits per heavy atom. The van der Waals surface area contributed by atoms with E-state index >= 15 is 0 Å². The number of fused-ring (bicyclic) bond motifs is 1. The number of ether oxygens (including phenoxy) is 3. The predicted octanol–water partition coefficient (Wildman–Crippen LogP) is 2.93. The molecule has 1 atom stereocenters. The molecule has 0 saturated heterocycles. The maximum absolute atomic E-state index is 5.75. The molecule has 0 bridgehead atoms. The summed E-state index contributed by atoms with van der Waals surface area (Å²) in [5.74, 6) is 1.88. The van der Waals surface area contributed by atoms with Gasteiger partial charge in [-0.05, 0) is 42.9 Å². The Morgan fingerprint density at radius 3 is 2.90 bits per heavy atom. The van der Waals surface area contributed by atoms with Gasteiger partial charge in [-0.1, -0.05) is 0 Å². The molecule has 21 heavy (non-hydrogen) atoms. The first kappa shape index (κ1) is 14.7. The lowest BCUT2D eigenvalue weighted by Gasteiger charge is -2.29. The molecule has 1 aliphatic heterocycles. The highest BCUT2D eigenvalue weighted by molar-refractivity contribution is 5.43. The van der Waals surface area contributed by atoms with Gasteiger partial charge < -0.3 is 19.5 Å². The van der Waals surface area contributed by atoms with Gasteiger partial charge >= 0.3 is 0 Å². The Labute approximate surface area is 126 Å². The van der Waals surface area contributed by atoms with Crippen LogP contribution in [0.4, 0.5) is 0 Å². The molecular formula is C17H25NO3. The van der Waals surface area contributed by atoms with Crippen LogP contribution in [0, 0.1) is 5.41 Å². The molecular weight excluding hydrogens is 266 g/mol. The molecule has 1 aromatic rings. The lowest BCUT2D eigenvalue weighted by Crippen LogP contribution is -2.32. The summed E-state index contributed by atoms with van der Waals surface area (Å²) in [6.45, 7) is 2.71. The molecule has 3 rings (SSSR count). The molecule has 1 fully saturated rings. The molecule has 0 aromatic heterocycles. The van der Waals surface area contributed by atoms with Crippen molar-refractivity contribution < 1.29 is 14.2 Å². The normalized spacial score (nSPS) is 22.3. The smallest absolute Gasteiger partial charge is 0.124 e. The third kappa shape index (κ3) is 3.33. The monoisotopic (exact) mass is 291 g/mol. The lowest BCUT2D eigenvalue weighted by molar-refractivity contribution is 0.168. The van der Waals surface area contributed by atoms with Gasteiger partial charge in [0, 0.05) is 38.3 Å². The summed E-state index contributed by atoms with van der Waals surface area (Å²) in [6.07, 6.45) is 4.81. The van der Waals surface area contributed by atoms with E-state index in [9.17, 15) is 0 Å². The Bertz CT molecular complexity index is 485. The third-order valence-corrected chi connectivity index (χ3v) is 4.77. The second kappa shape index (κ2) is 6.24. The van der Waals surface area contributed by atoms with Gasteiger partial charge in [0.15, 0.2) is 0 Å². The molecule has 0 radical (unpaired) electrons. The van der Waals surface area contributed by atoms with Gasteiger partial charge in [0.1, 0.15) is 11.5 Å². The fraction of sp³-hybridized carbons (Fsp3) is 0.647. The van der Waals surface area contributed by atoms with Crippen molar-refractivity contribution in [3.05, 3.63) is 23.8 Å². The van der Waals surface area contributed by atoms with Gasteiger partial charge in [-0.25, -0.2) is 0 Å². The summed E-state index contributed by atoms with van der Waals surface area (Å²) in [4.78, 5) is 0. The highest BCUT2D eigenvalue weighted by atomic mass is 16.5. The van der Waals surface area contributed by atoms with Crippen molar-refractivity contribution in [2.75, 3.05) is 34.0 Å². The summed E-state index contributed by atoms with van der Waals surface area (Å²) < 4.78 is 16.3. The molecule has 1 aliphatic carbocycles. The SMILES string of the molecule is COCCC1(CNC2CCOc3ccc(OC)cc32)CC1. The zero-order chi connectivity index (χ0) is 14.7. The van der Waals surface area contributed by atoms with Crippen molar-refractivity contribution in [3.8, 4) is 11.5 Å². The van der Waals surface area contributed by atoms with Crippen molar-refractivity contribution in [2.24, 2.45) is 5.41 Å². The number of rotatable bonds is 7. The van der Waals surface area contributed by atoms with Crippen LogP contribution >= 0.6 is 0 Å². The van der Waals surface area contributed by atoms with Crippen LogP contribution in [0.5, 0.6) is 11.5 Å². The van der Waals surface area contributed by atoms with E-state index in [0.717, 1.165) is 44.1 Å². The molecule has 1 heterocycles. The van der Waals surface area contributed by atoms with Gasteiger partial charge in [0.2, 0.25) is 0 Å². The minimum atomic E-state index is 0.365. The van der Waals surface area contributed by atoms with E-state index in [1.165, 1.54) is 18.4 Å². The van der Waals surface area contributed by atoms with E-state index in [2.05, 4.69) is 11.4 Å². The van der Waals surface area contributed by atoms with Crippen LogP contribution in [0.1, 0.15) is 37.3 Å². The standard InChI is InChI=1S/C17H25NO3/c1-19-10-8-17(6-7-17)12-18-15-5-9-21-16-4-3-13(20-2)11-14(15)16/h3-4,11,15,18H,5-10,12H2,1-2H3. The van der Waals surface area contributed by atoms with Gasteiger partial charge in [0.25, 0.3) is 0 Å². The molecule has 1 N–H and O–H groups in total. The average Bonchev–Trinajstić information content (AvgIpc) is 3.31. The minimum Gasteiger partial charge on any atom is -0.497 e. The van der Waals surface area contributed by atoms with E-state index in [0.29, 0.717) is 11.5 Å². The molecule has 4 heteroatoms. The van der Waals surface area contributed by atoms with Gasteiger partial charge in [0.05, 0.1) is 13.7 Å². The highest BCUT2D eigenvalue weighted by Crippen LogP contribution is 2.48. The van der Waals surface area contributed by atoms with E-state index in [-0.39, 0.29) is 0 Å². The van der Waals surface area contributed by atoms with Crippen LogP contribution in [-0.2, 0) is 4.74 Å². The summed E-state index contributed by atoms with van der Waals surface area (Å²) in [7, 11) is 3.49. The second-order valence-corrected chi connectivity index (χ2v) is 6.22. The molecule has 1 unspecified atom stereocenters. The Balaban J connectivity index is 1.65. The first-order valence-corrected chi connectivity index (χ1v) is 7.79. The molecule has 0 spiro atoms. The highest BCUT2D eigenvalue weighted by Gasteiger charge is 2.42. The van der Waals surface area contributed by atoms with Gasteiger partial charge in [-0.3, -0.25) is 0 Å². The fourth-order valence-electron chi connectivity index (χ4n) is 3.06. The van der Waals surface area contributed by atoms with Crippen LogP contribution < -0.4 is 14.8 Å². The van der Waals surface area contributed by atoms with Crippen molar-refractivity contribution in [2.45, 2.75) is 31.7 Å². The van der Waals surface area contributed by atoms with Gasteiger partial charge in [-0.2, -0.15) is 0 Å². The number of methoxy groups -OCH3 is 2. The van der Waals surface area contributed by atoms with Crippen LogP contribution in [-0.4, -0.2) is 34.0 Å². The summed E-state index contributed by atoms with van der Waals surface area (Å²) in [6, 6.07) is 6.44. The maximum Gasteiger partial charge on any atom is 0.124 e. The van der Waals surface area contributed by atoms with Crippen LogP contribution in [0.3, 0.4) is 0 Å². The molecule has 4 nitrogen and oxygen atoms in total. The predicted molar refractivity (Wildman–Crippen MR) is 82.0 cm³/mol. The van der Waals surface area contributed by atoms with Crippen LogP contribution in [0.25, 0.3) is 0 Å². The van der Waals surface area contributed by atoms with E-state index < -0.39 is 0 Å². The van der Waals surface area contributed by atoms with Crippen LogP contribution in [0.15, 0.2) is 18.2 Å². The Hall–Kier alpha value is -1.26. The number of benzene rings is 1. The van der Waals surface area contributed by atoms with E-state index in [1.54, 1.807) is 14.2 Å². The van der Waals surface area contributed by atoms with Crippen molar-refractivity contribution in [3.63, 3.8) is 0 Å². The summed E-state index contributed by atoms with van der Waals surface area (Å²) in [5.41, 5.74) is 1.69. The average molecular weight is 291 g/mol. The van der Waals surface area contributed by atoms with Crippen LogP contribution in [0.2, 0.25) is 0 Å². The van der Waals surface area contributed by atoms with Gasteiger partial charge in [-0.15, -0.1) is 0 Å². The zero-order valence-corrected chi connectivity index (χ0v) is 13.0. The largest absolute Gasteiger partial charge is 0.497 e. The zero-order valence-electron chi connectivity index (χ0n) is 13.0. The van der Waals surface area contributed by atoms with Crippen molar-refractivity contribution in [1.82, 2.24) is 5.32 Å². The third-order valence-electron chi connectivity index (χ3n) is 4.77. The second-order valence-electron chi connectivity index (χ2n) is 6.22. The maximum atomic E-state index is 5.75. The first-order valence-electron chi connectivity index (χ1n) is 7.79. The molecule has 1 saturated carbocycles. The van der Waals surface area contributed by atoms with Crippen molar-refractivity contribution >= 4 is 0 Å². The first-order chi connectivity index (χ1) is 10.3. The Morgan fingerprint density at radius 1 is 1.33 bits per heavy atom.